The van der Waals surface area contributed by atoms with Crippen LogP contribution in [0.5, 0.6) is 0 Å². The molecule has 72 valence electrons. The average molecular weight is 252 g/mol. The Kier molecular flexibility index (Phi) is 2.42. The number of aryl methyl sites for hydroxylation is 1. The molecule has 2 nitrogen and oxygen atoms in total. The van der Waals surface area contributed by atoms with Gasteiger partial charge in [-0.2, -0.15) is 0 Å². The number of nitrogens with zero attached hydrogens (tertiary/aromatic N) is 1. The standard InChI is InChI=1S/C11H10BrNO/c1-2-13-10-6-4-3-5-8(10)7-9(12)11(13)14/h3-7H,2H2,1H3. The number of pyridine rings is 1. The van der Waals surface area contributed by atoms with Gasteiger partial charge in [-0.15, -0.1) is 0 Å². The van der Waals surface area contributed by atoms with Crippen LogP contribution in [0.15, 0.2) is 39.6 Å². The molecule has 0 fully saturated rings. The lowest BCUT2D eigenvalue weighted by atomic mass is 10.2. The van der Waals surface area contributed by atoms with Gasteiger partial charge in [0.2, 0.25) is 0 Å². The maximum absolute atomic E-state index is 11.7. The summed E-state index contributed by atoms with van der Waals surface area (Å²) in [6.45, 7) is 2.67. The Morgan fingerprint density at radius 1 is 1.36 bits per heavy atom. The van der Waals surface area contributed by atoms with Crippen molar-refractivity contribution < 1.29 is 0 Å². The predicted molar refractivity (Wildman–Crippen MR) is 61.6 cm³/mol. The summed E-state index contributed by atoms with van der Waals surface area (Å²) in [7, 11) is 0. The van der Waals surface area contributed by atoms with Gasteiger partial charge >= 0.3 is 0 Å². The average Bonchev–Trinajstić information content (AvgIpc) is 2.20. The van der Waals surface area contributed by atoms with Gasteiger partial charge in [-0.1, -0.05) is 18.2 Å². The van der Waals surface area contributed by atoms with E-state index in [0.29, 0.717) is 11.0 Å². The highest BCUT2D eigenvalue weighted by Gasteiger charge is 2.04. The summed E-state index contributed by atoms with van der Waals surface area (Å²) in [6, 6.07) is 9.75. The zero-order chi connectivity index (χ0) is 10.1. The van der Waals surface area contributed by atoms with E-state index in [9.17, 15) is 4.79 Å². The van der Waals surface area contributed by atoms with Crippen LogP contribution in [-0.2, 0) is 6.54 Å². The maximum atomic E-state index is 11.7. The molecule has 2 aromatic rings. The van der Waals surface area contributed by atoms with Crippen LogP contribution in [0, 0.1) is 0 Å². The van der Waals surface area contributed by atoms with E-state index in [-0.39, 0.29) is 5.56 Å². The van der Waals surface area contributed by atoms with E-state index in [4.69, 9.17) is 0 Å². The zero-order valence-electron chi connectivity index (χ0n) is 7.83. The number of halogens is 1. The topological polar surface area (TPSA) is 22.0 Å². The molecule has 0 N–H and O–H groups in total. The van der Waals surface area contributed by atoms with Crippen LogP contribution in [0.3, 0.4) is 0 Å². The highest BCUT2D eigenvalue weighted by molar-refractivity contribution is 9.10. The van der Waals surface area contributed by atoms with Gasteiger partial charge in [0.05, 0.1) is 9.99 Å². The van der Waals surface area contributed by atoms with Crippen molar-refractivity contribution in [3.8, 4) is 0 Å². The molecule has 3 heteroatoms. The summed E-state index contributed by atoms with van der Waals surface area (Å²) in [5.74, 6) is 0. The van der Waals surface area contributed by atoms with Gasteiger partial charge in [0.15, 0.2) is 0 Å². The second-order valence-corrected chi connectivity index (χ2v) is 3.95. The summed E-state index contributed by atoms with van der Waals surface area (Å²) in [5.41, 5.74) is 1.02. The monoisotopic (exact) mass is 251 g/mol. The number of aromatic nitrogens is 1. The SMILES string of the molecule is CCn1c(=O)c(Br)cc2ccccc21. The first-order valence-corrected chi connectivity index (χ1v) is 5.31. The maximum Gasteiger partial charge on any atom is 0.265 e. The molecule has 0 aliphatic rings. The van der Waals surface area contributed by atoms with Gasteiger partial charge in [-0.3, -0.25) is 4.79 Å². The molecule has 0 atom stereocenters. The highest BCUT2D eigenvalue weighted by atomic mass is 79.9. The van der Waals surface area contributed by atoms with Crippen molar-refractivity contribution in [3.05, 3.63) is 45.2 Å². The molecule has 0 amide bonds. The highest BCUT2D eigenvalue weighted by Crippen LogP contribution is 2.15. The molecule has 1 aromatic carbocycles. The van der Waals surface area contributed by atoms with Crippen molar-refractivity contribution in [1.29, 1.82) is 0 Å². The lowest BCUT2D eigenvalue weighted by molar-refractivity contribution is 0.756. The van der Waals surface area contributed by atoms with Crippen molar-refractivity contribution in [3.63, 3.8) is 0 Å². The Bertz CT molecular complexity index is 530. The summed E-state index contributed by atoms with van der Waals surface area (Å²) in [5, 5.41) is 1.08. The number of benzene rings is 1. The lowest BCUT2D eigenvalue weighted by Gasteiger charge is -2.07. The lowest BCUT2D eigenvalue weighted by Crippen LogP contribution is -2.19. The molecule has 0 unspecified atom stereocenters. The number of hydrogen-bond acceptors (Lipinski definition) is 1. The van der Waals surface area contributed by atoms with E-state index in [1.807, 2.05) is 37.3 Å². The molecule has 2 rings (SSSR count). The summed E-state index contributed by atoms with van der Waals surface area (Å²) in [4.78, 5) is 11.7. The van der Waals surface area contributed by atoms with Crippen LogP contribution in [0.2, 0.25) is 0 Å². The second kappa shape index (κ2) is 3.58. The Labute approximate surface area is 90.3 Å². The fourth-order valence-corrected chi connectivity index (χ4v) is 2.07. The molecule has 0 radical (unpaired) electrons. The summed E-state index contributed by atoms with van der Waals surface area (Å²) in [6.07, 6.45) is 0. The van der Waals surface area contributed by atoms with Crippen molar-refractivity contribution in [2.24, 2.45) is 0 Å². The first-order valence-electron chi connectivity index (χ1n) is 4.52. The van der Waals surface area contributed by atoms with Gasteiger partial charge in [0.1, 0.15) is 0 Å². The molecule has 1 heterocycles. The molecule has 1 aromatic heterocycles. The van der Waals surface area contributed by atoms with Gasteiger partial charge < -0.3 is 4.57 Å². The van der Waals surface area contributed by atoms with Gasteiger partial charge in [-0.25, -0.2) is 0 Å². The van der Waals surface area contributed by atoms with Crippen molar-refractivity contribution in [1.82, 2.24) is 4.57 Å². The fraction of sp³-hybridized carbons (Fsp3) is 0.182. The minimum absolute atomic E-state index is 0.0335. The summed E-state index contributed by atoms with van der Waals surface area (Å²) < 4.78 is 2.39. The van der Waals surface area contributed by atoms with Crippen LogP contribution >= 0.6 is 15.9 Å². The molecule has 0 bridgehead atoms. The first-order chi connectivity index (χ1) is 6.74. The fourth-order valence-electron chi connectivity index (χ4n) is 1.61. The van der Waals surface area contributed by atoms with Crippen LogP contribution in [-0.4, -0.2) is 4.57 Å². The minimum atomic E-state index is 0.0335. The van der Waals surface area contributed by atoms with Crippen LogP contribution in [0.4, 0.5) is 0 Å². The third-order valence-corrected chi connectivity index (χ3v) is 2.84. The number of para-hydroxylation sites is 1. The van der Waals surface area contributed by atoms with E-state index >= 15 is 0 Å². The van der Waals surface area contributed by atoms with E-state index < -0.39 is 0 Å². The van der Waals surface area contributed by atoms with E-state index in [2.05, 4.69) is 15.9 Å². The number of rotatable bonds is 1. The summed E-state index contributed by atoms with van der Waals surface area (Å²) >= 11 is 3.27. The molecule has 0 saturated heterocycles. The Hall–Kier alpha value is -1.09. The van der Waals surface area contributed by atoms with Crippen molar-refractivity contribution in [2.45, 2.75) is 13.5 Å². The van der Waals surface area contributed by atoms with Gasteiger partial charge in [0, 0.05) is 6.54 Å². The second-order valence-electron chi connectivity index (χ2n) is 3.10. The van der Waals surface area contributed by atoms with Crippen molar-refractivity contribution >= 4 is 26.8 Å². The molecule has 14 heavy (non-hydrogen) atoms. The molecule has 0 aliphatic carbocycles. The van der Waals surface area contributed by atoms with Gasteiger partial charge in [-0.05, 0) is 40.4 Å². The normalized spacial score (nSPS) is 10.7. The molecule has 0 saturated carbocycles. The Balaban J connectivity index is 2.96. The Morgan fingerprint density at radius 3 is 2.79 bits per heavy atom. The first kappa shape index (κ1) is 9.46. The number of fused-ring (bicyclic) bond motifs is 1. The molecular weight excluding hydrogens is 242 g/mol. The Morgan fingerprint density at radius 2 is 2.07 bits per heavy atom. The van der Waals surface area contributed by atoms with E-state index in [0.717, 1.165) is 10.9 Å². The minimum Gasteiger partial charge on any atom is -0.308 e. The quantitative estimate of drug-likeness (QED) is 0.764. The van der Waals surface area contributed by atoms with Gasteiger partial charge in [0.25, 0.3) is 5.56 Å². The third kappa shape index (κ3) is 1.38. The molecule has 0 spiro atoms. The van der Waals surface area contributed by atoms with E-state index in [1.54, 1.807) is 4.57 Å². The van der Waals surface area contributed by atoms with Crippen molar-refractivity contribution in [2.75, 3.05) is 0 Å². The molecule has 0 aliphatic heterocycles. The van der Waals surface area contributed by atoms with E-state index in [1.165, 1.54) is 0 Å². The number of hydrogen-bond donors (Lipinski definition) is 0. The zero-order valence-corrected chi connectivity index (χ0v) is 9.41. The van der Waals surface area contributed by atoms with Crippen LogP contribution in [0.1, 0.15) is 6.92 Å². The van der Waals surface area contributed by atoms with Crippen LogP contribution in [0.25, 0.3) is 10.9 Å². The largest absolute Gasteiger partial charge is 0.308 e. The molecular formula is C11H10BrNO. The predicted octanol–water partition coefficient (Wildman–Crippen LogP) is 2.78. The smallest absolute Gasteiger partial charge is 0.265 e. The van der Waals surface area contributed by atoms with Crippen LogP contribution < -0.4 is 5.56 Å². The third-order valence-electron chi connectivity index (χ3n) is 2.28.